The predicted molar refractivity (Wildman–Crippen MR) is 94.1 cm³/mol. The van der Waals surface area contributed by atoms with Gasteiger partial charge in [0.15, 0.2) is 0 Å². The number of nitrogens with zero attached hydrogens (tertiary/aromatic N) is 1. The van der Waals surface area contributed by atoms with Gasteiger partial charge in [0.1, 0.15) is 11.5 Å². The number of anilines is 1. The predicted octanol–water partition coefficient (Wildman–Crippen LogP) is 3.78. The Morgan fingerprint density at radius 1 is 1.25 bits per heavy atom. The Labute approximate surface area is 144 Å². The zero-order chi connectivity index (χ0) is 17.1. The highest BCUT2D eigenvalue weighted by Gasteiger charge is 2.16. The number of aliphatic hydroxyl groups is 1. The second kappa shape index (κ2) is 6.86. The lowest BCUT2D eigenvalue weighted by Crippen LogP contribution is -2.13. The van der Waals surface area contributed by atoms with Gasteiger partial charge in [-0.15, -0.1) is 0 Å². The summed E-state index contributed by atoms with van der Waals surface area (Å²) < 4.78 is 0. The molecule has 1 heterocycles. The van der Waals surface area contributed by atoms with Gasteiger partial charge in [0.2, 0.25) is 0 Å². The molecule has 5 nitrogen and oxygen atoms in total. The standard InChI is InChI=1S/C18H16ClN3O2/c1-11-16(18(24)21-15-7-2-4-12(8-15)10-23)22-17(20-11)13-5-3-6-14(19)9-13/h2-9,23H,10H2,1H3,(H,20,22)(H,21,24). The molecule has 0 atom stereocenters. The lowest BCUT2D eigenvalue weighted by Gasteiger charge is -2.05. The molecule has 3 rings (SSSR count). The van der Waals surface area contributed by atoms with Crippen molar-refractivity contribution in [2.45, 2.75) is 13.5 Å². The number of hydrogen-bond acceptors (Lipinski definition) is 3. The maximum Gasteiger partial charge on any atom is 0.276 e. The van der Waals surface area contributed by atoms with Gasteiger partial charge < -0.3 is 15.4 Å². The molecule has 1 amide bonds. The minimum Gasteiger partial charge on any atom is -0.392 e. The average Bonchev–Trinajstić information content (AvgIpc) is 2.97. The highest BCUT2D eigenvalue weighted by molar-refractivity contribution is 6.30. The summed E-state index contributed by atoms with van der Waals surface area (Å²) in [7, 11) is 0. The van der Waals surface area contributed by atoms with Crippen molar-refractivity contribution >= 4 is 23.2 Å². The molecule has 0 aliphatic carbocycles. The molecule has 122 valence electrons. The van der Waals surface area contributed by atoms with Crippen LogP contribution in [-0.4, -0.2) is 21.0 Å². The number of hydrogen-bond donors (Lipinski definition) is 3. The van der Waals surface area contributed by atoms with E-state index in [-0.39, 0.29) is 12.5 Å². The maximum absolute atomic E-state index is 12.5. The number of nitrogens with one attached hydrogen (secondary N) is 2. The van der Waals surface area contributed by atoms with Crippen LogP contribution in [0.1, 0.15) is 21.7 Å². The van der Waals surface area contributed by atoms with E-state index in [0.717, 1.165) is 11.1 Å². The fraction of sp³-hybridized carbons (Fsp3) is 0.111. The first-order chi connectivity index (χ1) is 11.6. The van der Waals surface area contributed by atoms with E-state index in [1.54, 1.807) is 43.3 Å². The monoisotopic (exact) mass is 341 g/mol. The molecular weight excluding hydrogens is 326 g/mol. The molecule has 0 fully saturated rings. The molecule has 2 aromatic carbocycles. The van der Waals surface area contributed by atoms with E-state index >= 15 is 0 Å². The van der Waals surface area contributed by atoms with Crippen LogP contribution in [0.3, 0.4) is 0 Å². The number of aryl methyl sites for hydroxylation is 1. The van der Waals surface area contributed by atoms with Crippen molar-refractivity contribution in [2.24, 2.45) is 0 Å². The quantitative estimate of drug-likeness (QED) is 0.675. The van der Waals surface area contributed by atoms with Gasteiger partial charge in [-0.25, -0.2) is 4.98 Å². The number of aromatic amines is 1. The highest BCUT2D eigenvalue weighted by atomic mass is 35.5. The number of rotatable bonds is 4. The van der Waals surface area contributed by atoms with Crippen LogP contribution < -0.4 is 5.32 Å². The van der Waals surface area contributed by atoms with Gasteiger partial charge in [-0.2, -0.15) is 0 Å². The Morgan fingerprint density at radius 2 is 2.04 bits per heavy atom. The van der Waals surface area contributed by atoms with Crippen molar-refractivity contribution < 1.29 is 9.90 Å². The molecule has 24 heavy (non-hydrogen) atoms. The van der Waals surface area contributed by atoms with E-state index in [2.05, 4.69) is 15.3 Å². The molecule has 3 aromatic rings. The van der Waals surface area contributed by atoms with Crippen molar-refractivity contribution in [3.63, 3.8) is 0 Å². The van der Waals surface area contributed by atoms with Gasteiger partial charge >= 0.3 is 0 Å². The smallest absolute Gasteiger partial charge is 0.276 e. The molecule has 0 aliphatic rings. The summed E-state index contributed by atoms with van der Waals surface area (Å²) in [6, 6.07) is 14.3. The Kier molecular flexibility index (Phi) is 4.64. The number of H-pyrrole nitrogens is 1. The second-order valence-corrected chi connectivity index (χ2v) is 5.82. The molecule has 0 bridgehead atoms. The number of halogens is 1. The molecular formula is C18H16ClN3O2. The van der Waals surface area contributed by atoms with Crippen LogP contribution in [0.4, 0.5) is 5.69 Å². The summed E-state index contributed by atoms with van der Waals surface area (Å²) in [6.07, 6.45) is 0. The van der Waals surface area contributed by atoms with Crippen LogP contribution in [0.15, 0.2) is 48.5 Å². The van der Waals surface area contributed by atoms with Gasteiger partial charge in [0.05, 0.1) is 6.61 Å². The summed E-state index contributed by atoms with van der Waals surface area (Å²) in [5, 5.41) is 12.6. The average molecular weight is 342 g/mol. The summed E-state index contributed by atoms with van der Waals surface area (Å²) in [5.41, 5.74) is 3.14. The third kappa shape index (κ3) is 3.48. The van der Waals surface area contributed by atoms with E-state index in [1.807, 2.05) is 12.1 Å². The summed E-state index contributed by atoms with van der Waals surface area (Å²) in [6.45, 7) is 1.71. The van der Waals surface area contributed by atoms with E-state index in [1.165, 1.54) is 0 Å². The lowest BCUT2D eigenvalue weighted by atomic mass is 10.2. The lowest BCUT2D eigenvalue weighted by molar-refractivity contribution is 0.102. The van der Waals surface area contributed by atoms with Crippen LogP contribution >= 0.6 is 11.6 Å². The van der Waals surface area contributed by atoms with Crippen LogP contribution in [0.5, 0.6) is 0 Å². The van der Waals surface area contributed by atoms with Crippen LogP contribution in [0.2, 0.25) is 5.02 Å². The zero-order valence-corrected chi connectivity index (χ0v) is 13.8. The summed E-state index contributed by atoms with van der Waals surface area (Å²) >= 11 is 6.00. The molecule has 3 N–H and O–H groups in total. The minimum absolute atomic E-state index is 0.0793. The van der Waals surface area contributed by atoms with Gasteiger partial charge in [0, 0.05) is 22.0 Å². The molecule has 0 spiro atoms. The van der Waals surface area contributed by atoms with E-state index in [9.17, 15) is 4.79 Å². The fourth-order valence-electron chi connectivity index (χ4n) is 2.39. The van der Waals surface area contributed by atoms with Crippen molar-refractivity contribution in [3.05, 3.63) is 70.5 Å². The van der Waals surface area contributed by atoms with E-state index in [0.29, 0.717) is 27.9 Å². The van der Waals surface area contributed by atoms with Crippen LogP contribution in [0, 0.1) is 6.92 Å². The highest BCUT2D eigenvalue weighted by Crippen LogP contribution is 2.22. The first kappa shape index (κ1) is 16.2. The van der Waals surface area contributed by atoms with Crippen molar-refractivity contribution in [1.82, 2.24) is 9.97 Å². The zero-order valence-electron chi connectivity index (χ0n) is 13.0. The van der Waals surface area contributed by atoms with Gasteiger partial charge in [0.25, 0.3) is 5.91 Å². The number of carbonyl (C=O) groups excluding carboxylic acids is 1. The molecule has 1 aromatic heterocycles. The second-order valence-electron chi connectivity index (χ2n) is 5.38. The fourth-order valence-corrected chi connectivity index (χ4v) is 2.58. The van der Waals surface area contributed by atoms with Crippen molar-refractivity contribution in [1.29, 1.82) is 0 Å². The topological polar surface area (TPSA) is 78.0 Å². The van der Waals surface area contributed by atoms with E-state index in [4.69, 9.17) is 16.7 Å². The van der Waals surface area contributed by atoms with Crippen LogP contribution in [0.25, 0.3) is 11.4 Å². The first-order valence-corrected chi connectivity index (χ1v) is 7.78. The number of carbonyl (C=O) groups is 1. The number of amides is 1. The largest absolute Gasteiger partial charge is 0.392 e. The Morgan fingerprint density at radius 3 is 2.79 bits per heavy atom. The third-order valence-electron chi connectivity index (χ3n) is 3.57. The number of aliphatic hydroxyl groups excluding tert-OH is 1. The number of benzene rings is 2. The minimum atomic E-state index is -0.313. The molecule has 0 saturated carbocycles. The normalized spacial score (nSPS) is 10.6. The number of aromatic nitrogens is 2. The molecule has 0 aliphatic heterocycles. The first-order valence-electron chi connectivity index (χ1n) is 7.40. The van der Waals surface area contributed by atoms with Crippen molar-refractivity contribution in [3.8, 4) is 11.4 Å². The summed E-state index contributed by atoms with van der Waals surface area (Å²) in [4.78, 5) is 20.0. The molecule has 0 saturated heterocycles. The molecule has 0 unspecified atom stereocenters. The maximum atomic E-state index is 12.5. The van der Waals surface area contributed by atoms with Gasteiger partial charge in [-0.1, -0.05) is 35.9 Å². The summed E-state index contributed by atoms with van der Waals surface area (Å²) in [5.74, 6) is 0.274. The molecule has 6 heteroatoms. The Bertz CT molecular complexity index is 889. The van der Waals surface area contributed by atoms with Gasteiger partial charge in [-0.05, 0) is 36.8 Å². The Hall–Kier alpha value is -2.63. The Balaban J connectivity index is 1.85. The van der Waals surface area contributed by atoms with Crippen LogP contribution in [-0.2, 0) is 6.61 Å². The number of imidazole rings is 1. The van der Waals surface area contributed by atoms with Crippen molar-refractivity contribution in [2.75, 3.05) is 5.32 Å². The molecule has 0 radical (unpaired) electrons. The third-order valence-corrected chi connectivity index (χ3v) is 3.80. The van der Waals surface area contributed by atoms with Gasteiger partial charge in [-0.3, -0.25) is 4.79 Å². The SMILES string of the molecule is Cc1[nH]c(-c2cccc(Cl)c2)nc1C(=O)Nc1cccc(CO)c1. The van der Waals surface area contributed by atoms with E-state index < -0.39 is 0 Å².